The van der Waals surface area contributed by atoms with Crippen LogP contribution < -0.4 is 5.32 Å². The van der Waals surface area contributed by atoms with Crippen molar-refractivity contribution >= 4 is 5.97 Å². The van der Waals surface area contributed by atoms with Crippen molar-refractivity contribution in [2.75, 3.05) is 53.9 Å². The number of hydrogen-bond acceptors (Lipinski definition) is 5. The van der Waals surface area contributed by atoms with E-state index in [1.54, 1.807) is 0 Å². The molecule has 20 heavy (non-hydrogen) atoms. The Bertz CT molecular complexity index is 303. The molecule has 0 aromatic carbocycles. The van der Waals surface area contributed by atoms with E-state index < -0.39 is 5.54 Å². The number of rotatable bonds is 7. The van der Waals surface area contributed by atoms with E-state index in [1.807, 2.05) is 20.9 Å². The molecule has 1 atom stereocenters. The molecule has 1 aliphatic heterocycles. The van der Waals surface area contributed by atoms with Gasteiger partial charge in [-0.25, -0.2) is 0 Å². The van der Waals surface area contributed by atoms with Crippen molar-refractivity contribution in [1.29, 1.82) is 0 Å². The van der Waals surface area contributed by atoms with E-state index in [9.17, 15) is 4.79 Å². The maximum atomic E-state index is 12.0. The Morgan fingerprint density at radius 2 is 2.05 bits per heavy atom. The summed E-state index contributed by atoms with van der Waals surface area (Å²) in [6, 6.07) is 0. The van der Waals surface area contributed by atoms with Crippen LogP contribution in [0.5, 0.6) is 0 Å². The average Bonchev–Trinajstić information content (AvgIpc) is 2.41. The van der Waals surface area contributed by atoms with Gasteiger partial charge in [0.05, 0.1) is 6.61 Å². The number of nitrogens with zero attached hydrogens (tertiary/aromatic N) is 2. The van der Waals surface area contributed by atoms with Crippen LogP contribution in [-0.2, 0) is 9.53 Å². The number of nitrogens with one attached hydrogen (secondary N) is 1. The van der Waals surface area contributed by atoms with Crippen LogP contribution in [-0.4, -0.2) is 75.2 Å². The first-order valence-electron chi connectivity index (χ1n) is 7.64. The van der Waals surface area contributed by atoms with Crippen LogP contribution in [0.25, 0.3) is 0 Å². The van der Waals surface area contributed by atoms with Gasteiger partial charge < -0.3 is 19.9 Å². The Morgan fingerprint density at radius 1 is 1.45 bits per heavy atom. The highest BCUT2D eigenvalue weighted by Gasteiger charge is 2.34. The van der Waals surface area contributed by atoms with Gasteiger partial charge >= 0.3 is 5.97 Å². The van der Waals surface area contributed by atoms with Crippen molar-refractivity contribution in [1.82, 2.24) is 15.1 Å². The van der Waals surface area contributed by atoms with E-state index in [2.05, 4.69) is 29.2 Å². The molecule has 1 heterocycles. The summed E-state index contributed by atoms with van der Waals surface area (Å²) in [4.78, 5) is 16.7. The molecule has 5 nitrogen and oxygen atoms in total. The predicted octanol–water partition coefficient (Wildman–Crippen LogP) is 0.801. The van der Waals surface area contributed by atoms with Crippen LogP contribution in [0.3, 0.4) is 0 Å². The number of esters is 1. The lowest BCUT2D eigenvalue weighted by Gasteiger charge is -2.35. The van der Waals surface area contributed by atoms with Crippen molar-refractivity contribution < 1.29 is 9.53 Å². The quantitative estimate of drug-likeness (QED) is 0.701. The van der Waals surface area contributed by atoms with E-state index in [0.29, 0.717) is 13.2 Å². The molecule has 118 valence electrons. The minimum Gasteiger partial charge on any atom is -0.465 e. The molecule has 1 fully saturated rings. The number of ether oxygens (including phenoxy) is 1. The van der Waals surface area contributed by atoms with Crippen LogP contribution >= 0.6 is 0 Å². The van der Waals surface area contributed by atoms with Crippen molar-refractivity contribution in [2.45, 2.75) is 32.2 Å². The van der Waals surface area contributed by atoms with E-state index >= 15 is 0 Å². The smallest absolute Gasteiger partial charge is 0.327 e. The van der Waals surface area contributed by atoms with Crippen LogP contribution in [0.1, 0.15) is 26.7 Å². The third-order valence-corrected chi connectivity index (χ3v) is 4.27. The molecule has 1 rings (SSSR count). The molecular weight excluding hydrogens is 254 g/mol. The molecule has 0 bridgehead atoms. The van der Waals surface area contributed by atoms with Crippen LogP contribution in [0.4, 0.5) is 0 Å². The third-order valence-electron chi connectivity index (χ3n) is 4.27. The van der Waals surface area contributed by atoms with Gasteiger partial charge in [0.1, 0.15) is 5.54 Å². The predicted molar refractivity (Wildman–Crippen MR) is 81.8 cm³/mol. The average molecular weight is 285 g/mol. The molecule has 0 spiro atoms. The molecule has 0 amide bonds. The first-order chi connectivity index (χ1) is 9.41. The standard InChI is InChI=1S/C15H31N3O2/c1-6-20-14(19)15(2,16-3)12-18(5)11-13-7-9-17(4)10-8-13/h13,16H,6-12H2,1-5H3. The van der Waals surface area contributed by atoms with Crippen molar-refractivity contribution in [2.24, 2.45) is 5.92 Å². The summed E-state index contributed by atoms with van der Waals surface area (Å²) < 4.78 is 5.17. The second-order valence-electron chi connectivity index (χ2n) is 6.25. The van der Waals surface area contributed by atoms with Crippen molar-refractivity contribution in [3.8, 4) is 0 Å². The van der Waals surface area contributed by atoms with Crippen LogP contribution in [0.15, 0.2) is 0 Å². The van der Waals surface area contributed by atoms with Gasteiger partial charge in [0.2, 0.25) is 0 Å². The highest BCUT2D eigenvalue weighted by atomic mass is 16.5. The summed E-state index contributed by atoms with van der Waals surface area (Å²) in [5.41, 5.74) is -0.629. The molecule has 0 saturated carbocycles. The highest BCUT2D eigenvalue weighted by molar-refractivity contribution is 5.80. The molecule has 0 radical (unpaired) electrons. The van der Waals surface area contributed by atoms with Gasteiger partial charge in [-0.3, -0.25) is 4.79 Å². The number of piperidine rings is 1. The Kier molecular flexibility index (Phi) is 6.92. The Hall–Kier alpha value is -0.650. The first-order valence-corrected chi connectivity index (χ1v) is 7.64. The largest absolute Gasteiger partial charge is 0.465 e. The Morgan fingerprint density at radius 3 is 2.55 bits per heavy atom. The second kappa shape index (κ2) is 7.96. The SMILES string of the molecule is CCOC(=O)C(C)(CN(C)CC1CCN(C)CC1)NC. The fraction of sp³-hybridized carbons (Fsp3) is 0.933. The maximum Gasteiger partial charge on any atom is 0.327 e. The minimum atomic E-state index is -0.629. The third kappa shape index (κ3) is 5.04. The van der Waals surface area contributed by atoms with E-state index in [4.69, 9.17) is 4.74 Å². The summed E-state index contributed by atoms with van der Waals surface area (Å²) >= 11 is 0. The van der Waals surface area contributed by atoms with Gasteiger partial charge in [-0.1, -0.05) is 0 Å². The Balaban J connectivity index is 2.46. The first kappa shape index (κ1) is 17.4. The van der Waals surface area contributed by atoms with Gasteiger partial charge in [0.25, 0.3) is 0 Å². The lowest BCUT2D eigenvalue weighted by molar-refractivity contribution is -0.151. The Labute approximate surface area is 123 Å². The number of likely N-dealkylation sites (tertiary alicyclic amines) is 1. The van der Waals surface area contributed by atoms with Gasteiger partial charge in [0, 0.05) is 13.1 Å². The van der Waals surface area contributed by atoms with E-state index in [1.165, 1.54) is 25.9 Å². The number of carbonyl (C=O) groups excluding carboxylic acids is 1. The fourth-order valence-electron chi connectivity index (χ4n) is 2.83. The topological polar surface area (TPSA) is 44.8 Å². The highest BCUT2D eigenvalue weighted by Crippen LogP contribution is 2.18. The zero-order valence-corrected chi connectivity index (χ0v) is 13.7. The summed E-state index contributed by atoms with van der Waals surface area (Å²) in [5.74, 6) is 0.567. The number of hydrogen-bond donors (Lipinski definition) is 1. The summed E-state index contributed by atoms with van der Waals surface area (Å²) in [6.45, 7) is 8.26. The molecule has 0 aromatic heterocycles. The van der Waals surface area contributed by atoms with Gasteiger partial charge in [0.15, 0.2) is 0 Å². The lowest BCUT2D eigenvalue weighted by Crippen LogP contribution is -2.56. The van der Waals surface area contributed by atoms with E-state index in [-0.39, 0.29) is 5.97 Å². The zero-order chi connectivity index (χ0) is 15.2. The summed E-state index contributed by atoms with van der Waals surface area (Å²) in [7, 11) is 6.09. The molecule has 1 unspecified atom stereocenters. The monoisotopic (exact) mass is 285 g/mol. The normalized spacial score (nSPS) is 20.9. The molecular formula is C15H31N3O2. The lowest BCUT2D eigenvalue weighted by atomic mass is 9.95. The number of likely N-dealkylation sites (N-methyl/N-ethyl adjacent to an activating group) is 2. The van der Waals surface area contributed by atoms with Crippen molar-refractivity contribution in [3.05, 3.63) is 0 Å². The molecule has 0 aromatic rings. The molecule has 1 N–H and O–H groups in total. The van der Waals surface area contributed by atoms with Gasteiger partial charge in [-0.05, 0) is 66.8 Å². The summed E-state index contributed by atoms with van der Waals surface area (Å²) in [6.07, 6.45) is 2.49. The minimum absolute atomic E-state index is 0.169. The molecule has 1 saturated heterocycles. The number of carbonyl (C=O) groups is 1. The summed E-state index contributed by atoms with van der Waals surface area (Å²) in [5, 5.41) is 3.11. The molecule has 1 aliphatic rings. The second-order valence-corrected chi connectivity index (χ2v) is 6.25. The molecule has 5 heteroatoms. The van der Waals surface area contributed by atoms with Crippen molar-refractivity contribution in [3.63, 3.8) is 0 Å². The van der Waals surface area contributed by atoms with Gasteiger partial charge in [-0.15, -0.1) is 0 Å². The van der Waals surface area contributed by atoms with E-state index in [0.717, 1.165) is 12.5 Å². The zero-order valence-electron chi connectivity index (χ0n) is 13.7. The van der Waals surface area contributed by atoms with Crippen LogP contribution in [0.2, 0.25) is 0 Å². The fourth-order valence-corrected chi connectivity index (χ4v) is 2.83. The molecule has 0 aliphatic carbocycles. The van der Waals surface area contributed by atoms with Crippen LogP contribution in [0, 0.1) is 5.92 Å². The van der Waals surface area contributed by atoms with Gasteiger partial charge in [-0.2, -0.15) is 0 Å². The maximum absolute atomic E-state index is 12.0.